The molecule has 1 aliphatic heterocycles. The largest absolute Gasteiger partial charge is 0.497 e. The SMILES string of the molecule is COc1ccc(C2(C(=O)N[C@H]3CC(=O)N(C4Cc5ccccc5C4)C3)CC2)cc1. The Morgan fingerprint density at radius 3 is 2.28 bits per heavy atom. The molecule has 2 amide bonds. The van der Waals surface area contributed by atoms with Crippen molar-refractivity contribution in [3.05, 3.63) is 65.2 Å². The number of likely N-dealkylation sites (tertiary alicyclic amines) is 1. The molecule has 3 aliphatic rings. The van der Waals surface area contributed by atoms with Crippen LogP contribution in [0.2, 0.25) is 0 Å². The fourth-order valence-electron chi connectivity index (χ4n) is 4.94. The zero-order valence-corrected chi connectivity index (χ0v) is 16.7. The van der Waals surface area contributed by atoms with E-state index in [0.717, 1.165) is 37.0 Å². The van der Waals surface area contributed by atoms with Crippen LogP contribution >= 0.6 is 0 Å². The predicted octanol–water partition coefficient (Wildman–Crippen LogP) is 2.61. The highest BCUT2D eigenvalue weighted by Crippen LogP contribution is 2.49. The Kier molecular flexibility index (Phi) is 4.34. The molecule has 0 unspecified atom stereocenters. The number of carbonyl (C=O) groups excluding carboxylic acids is 2. The van der Waals surface area contributed by atoms with Crippen LogP contribution in [0, 0.1) is 0 Å². The van der Waals surface area contributed by atoms with Gasteiger partial charge in [-0.15, -0.1) is 0 Å². The third-order valence-electron chi connectivity index (χ3n) is 6.79. The van der Waals surface area contributed by atoms with Gasteiger partial charge in [0.15, 0.2) is 0 Å². The lowest BCUT2D eigenvalue weighted by Gasteiger charge is -2.25. The second-order valence-corrected chi connectivity index (χ2v) is 8.56. The Morgan fingerprint density at radius 1 is 1.03 bits per heavy atom. The quantitative estimate of drug-likeness (QED) is 0.854. The first-order chi connectivity index (χ1) is 14.1. The summed E-state index contributed by atoms with van der Waals surface area (Å²) in [5.74, 6) is 0.999. The van der Waals surface area contributed by atoms with Gasteiger partial charge in [0, 0.05) is 19.0 Å². The Labute approximate surface area is 171 Å². The molecular weight excluding hydrogens is 364 g/mol. The first-order valence-corrected chi connectivity index (χ1v) is 10.4. The molecule has 5 nitrogen and oxygen atoms in total. The molecule has 1 saturated carbocycles. The summed E-state index contributed by atoms with van der Waals surface area (Å²) in [7, 11) is 1.64. The van der Waals surface area contributed by atoms with Crippen molar-refractivity contribution in [2.24, 2.45) is 0 Å². The van der Waals surface area contributed by atoms with Crippen LogP contribution < -0.4 is 10.1 Å². The molecular formula is C24H26N2O3. The van der Waals surface area contributed by atoms with Crippen molar-refractivity contribution in [1.29, 1.82) is 0 Å². The van der Waals surface area contributed by atoms with Crippen LogP contribution in [0.4, 0.5) is 0 Å². The lowest BCUT2D eigenvalue weighted by Crippen LogP contribution is -2.44. The van der Waals surface area contributed by atoms with Crippen molar-refractivity contribution in [2.45, 2.75) is 49.6 Å². The maximum atomic E-state index is 13.1. The minimum atomic E-state index is -0.438. The summed E-state index contributed by atoms with van der Waals surface area (Å²) >= 11 is 0. The van der Waals surface area contributed by atoms with Gasteiger partial charge in [-0.05, 0) is 54.5 Å². The summed E-state index contributed by atoms with van der Waals surface area (Å²) in [5.41, 5.74) is 3.28. The zero-order valence-electron chi connectivity index (χ0n) is 16.7. The van der Waals surface area contributed by atoms with Gasteiger partial charge in [0.1, 0.15) is 5.75 Å². The second kappa shape index (κ2) is 6.90. The molecule has 2 fully saturated rings. The molecule has 0 spiro atoms. The van der Waals surface area contributed by atoms with Crippen molar-refractivity contribution in [3.8, 4) is 5.75 Å². The predicted molar refractivity (Wildman–Crippen MR) is 110 cm³/mol. The normalized spacial score (nSPS) is 22.4. The molecule has 1 saturated heterocycles. The minimum absolute atomic E-state index is 0.0528. The van der Waals surface area contributed by atoms with Gasteiger partial charge in [0.2, 0.25) is 11.8 Å². The van der Waals surface area contributed by atoms with Crippen LogP contribution in [-0.2, 0) is 27.8 Å². The van der Waals surface area contributed by atoms with E-state index in [2.05, 4.69) is 29.6 Å². The van der Waals surface area contributed by atoms with E-state index in [1.54, 1.807) is 7.11 Å². The van der Waals surface area contributed by atoms with Gasteiger partial charge >= 0.3 is 0 Å². The Bertz CT molecular complexity index is 924. The molecule has 5 rings (SSSR count). The lowest BCUT2D eigenvalue weighted by molar-refractivity contribution is -0.129. The van der Waals surface area contributed by atoms with Crippen molar-refractivity contribution in [2.75, 3.05) is 13.7 Å². The maximum absolute atomic E-state index is 13.1. The van der Waals surface area contributed by atoms with Gasteiger partial charge in [-0.1, -0.05) is 36.4 Å². The highest BCUT2D eigenvalue weighted by Gasteiger charge is 2.52. The number of nitrogens with one attached hydrogen (secondary N) is 1. The van der Waals surface area contributed by atoms with Gasteiger partial charge in [-0.2, -0.15) is 0 Å². The number of methoxy groups -OCH3 is 1. The first-order valence-electron chi connectivity index (χ1n) is 10.4. The molecule has 2 aromatic carbocycles. The monoisotopic (exact) mass is 390 g/mol. The number of nitrogens with zero attached hydrogens (tertiary/aromatic N) is 1. The van der Waals surface area contributed by atoms with E-state index >= 15 is 0 Å². The van der Waals surface area contributed by atoms with Crippen LogP contribution in [0.1, 0.15) is 36.0 Å². The van der Waals surface area contributed by atoms with Crippen molar-refractivity contribution < 1.29 is 14.3 Å². The number of fused-ring (bicyclic) bond motifs is 1. The molecule has 1 heterocycles. The summed E-state index contributed by atoms with van der Waals surface area (Å²) in [5, 5.41) is 3.18. The molecule has 0 radical (unpaired) electrons. The summed E-state index contributed by atoms with van der Waals surface area (Å²) in [6.45, 7) is 0.613. The molecule has 2 aromatic rings. The highest BCUT2D eigenvalue weighted by molar-refractivity contribution is 5.92. The van der Waals surface area contributed by atoms with Gasteiger partial charge < -0.3 is 15.0 Å². The third kappa shape index (κ3) is 3.18. The lowest BCUT2D eigenvalue weighted by atomic mass is 9.94. The third-order valence-corrected chi connectivity index (χ3v) is 6.79. The van der Waals surface area contributed by atoms with Gasteiger partial charge in [0.25, 0.3) is 0 Å². The van der Waals surface area contributed by atoms with E-state index in [0.29, 0.717) is 13.0 Å². The summed E-state index contributed by atoms with van der Waals surface area (Å²) in [6, 6.07) is 16.3. The minimum Gasteiger partial charge on any atom is -0.497 e. The number of benzene rings is 2. The number of ether oxygens (including phenoxy) is 1. The second-order valence-electron chi connectivity index (χ2n) is 8.56. The molecule has 0 bridgehead atoms. The fourth-order valence-corrected chi connectivity index (χ4v) is 4.94. The van der Waals surface area contributed by atoms with Crippen molar-refractivity contribution in [3.63, 3.8) is 0 Å². The van der Waals surface area contributed by atoms with Crippen LogP contribution in [0.3, 0.4) is 0 Å². The van der Waals surface area contributed by atoms with Gasteiger partial charge in [-0.25, -0.2) is 0 Å². The van der Waals surface area contributed by atoms with E-state index in [4.69, 9.17) is 4.74 Å². The number of hydrogen-bond donors (Lipinski definition) is 1. The Morgan fingerprint density at radius 2 is 1.69 bits per heavy atom. The van der Waals surface area contributed by atoms with Gasteiger partial charge in [-0.3, -0.25) is 9.59 Å². The molecule has 1 N–H and O–H groups in total. The van der Waals surface area contributed by atoms with Crippen LogP contribution in [0.5, 0.6) is 5.75 Å². The van der Waals surface area contributed by atoms with E-state index in [-0.39, 0.29) is 23.9 Å². The van der Waals surface area contributed by atoms with E-state index in [9.17, 15) is 9.59 Å². The molecule has 5 heteroatoms. The number of hydrogen-bond acceptors (Lipinski definition) is 3. The number of carbonyl (C=O) groups is 2. The highest BCUT2D eigenvalue weighted by atomic mass is 16.5. The van der Waals surface area contributed by atoms with Crippen LogP contribution in [-0.4, -0.2) is 42.5 Å². The molecule has 150 valence electrons. The van der Waals surface area contributed by atoms with Gasteiger partial charge in [0.05, 0.1) is 18.6 Å². The van der Waals surface area contributed by atoms with Crippen LogP contribution in [0.25, 0.3) is 0 Å². The summed E-state index contributed by atoms with van der Waals surface area (Å²) in [6.07, 6.45) is 3.94. The summed E-state index contributed by atoms with van der Waals surface area (Å²) in [4.78, 5) is 27.7. The van der Waals surface area contributed by atoms with Crippen molar-refractivity contribution in [1.82, 2.24) is 10.2 Å². The van der Waals surface area contributed by atoms with E-state index in [1.165, 1.54) is 11.1 Å². The number of rotatable bonds is 5. The average molecular weight is 390 g/mol. The fraction of sp³-hybridized carbons (Fsp3) is 0.417. The van der Waals surface area contributed by atoms with Crippen molar-refractivity contribution >= 4 is 11.8 Å². The van der Waals surface area contributed by atoms with Crippen LogP contribution in [0.15, 0.2) is 48.5 Å². The molecule has 0 aromatic heterocycles. The molecule has 29 heavy (non-hydrogen) atoms. The smallest absolute Gasteiger partial charge is 0.230 e. The molecule has 2 aliphatic carbocycles. The maximum Gasteiger partial charge on any atom is 0.230 e. The Hall–Kier alpha value is -2.82. The first kappa shape index (κ1) is 18.2. The van der Waals surface area contributed by atoms with E-state index in [1.807, 2.05) is 29.2 Å². The molecule has 1 atom stereocenters. The zero-order chi connectivity index (χ0) is 20.0. The average Bonchev–Trinajstić information content (AvgIpc) is 3.31. The summed E-state index contributed by atoms with van der Waals surface area (Å²) < 4.78 is 5.22. The topological polar surface area (TPSA) is 58.6 Å². The van der Waals surface area contributed by atoms with E-state index < -0.39 is 5.41 Å². The number of amides is 2. The Balaban J connectivity index is 1.24. The standard InChI is InChI=1S/C24H26N2O3/c1-29-21-8-6-18(7-9-21)24(10-11-24)23(28)25-19-14-22(27)26(15-19)20-12-16-4-2-3-5-17(16)13-20/h2-9,19-20H,10-15H2,1H3,(H,25,28)/t19-/m0/s1.